The number of nitrogens with zero attached hydrogens (tertiary/aromatic N) is 1. The van der Waals surface area contributed by atoms with Crippen LogP contribution in [0.25, 0.3) is 10.6 Å². The van der Waals surface area contributed by atoms with E-state index in [4.69, 9.17) is 0 Å². The van der Waals surface area contributed by atoms with Gasteiger partial charge in [-0.1, -0.05) is 44.2 Å². The summed E-state index contributed by atoms with van der Waals surface area (Å²) in [6, 6.07) is 15.4. The number of hydrogen-bond acceptors (Lipinski definition) is 5. The molecule has 0 saturated heterocycles. The van der Waals surface area contributed by atoms with E-state index in [1.165, 1.54) is 43.9 Å². The van der Waals surface area contributed by atoms with Crippen molar-refractivity contribution in [3.63, 3.8) is 0 Å². The van der Waals surface area contributed by atoms with E-state index in [1.54, 1.807) is 23.6 Å². The molecule has 0 aliphatic heterocycles. The Labute approximate surface area is 203 Å². The van der Waals surface area contributed by atoms with Crippen molar-refractivity contribution in [2.75, 3.05) is 11.1 Å². The van der Waals surface area contributed by atoms with Crippen LogP contribution in [0.4, 0.5) is 5.69 Å². The molecule has 172 valence electrons. The fourth-order valence-corrected chi connectivity index (χ4v) is 5.56. The van der Waals surface area contributed by atoms with Gasteiger partial charge in [-0.25, -0.2) is 4.98 Å². The van der Waals surface area contributed by atoms with E-state index in [9.17, 15) is 9.59 Å². The lowest BCUT2D eigenvalue weighted by molar-refractivity contribution is -0.119. The molecule has 0 unspecified atom stereocenters. The number of aromatic nitrogens is 1. The number of nitrogens with one attached hydrogen (secondary N) is 2. The van der Waals surface area contributed by atoms with Crippen LogP contribution in [0.15, 0.2) is 65.0 Å². The van der Waals surface area contributed by atoms with E-state index in [-0.39, 0.29) is 17.9 Å². The van der Waals surface area contributed by atoms with Crippen LogP contribution >= 0.6 is 23.1 Å². The fraction of sp³-hybridized carbons (Fsp3) is 0.346. The molecule has 33 heavy (non-hydrogen) atoms. The van der Waals surface area contributed by atoms with Gasteiger partial charge in [-0.2, -0.15) is 0 Å². The molecule has 1 saturated carbocycles. The Morgan fingerprint density at radius 2 is 1.70 bits per heavy atom. The summed E-state index contributed by atoms with van der Waals surface area (Å²) in [5.41, 5.74) is 2.32. The minimum atomic E-state index is -0.180. The van der Waals surface area contributed by atoms with Crippen LogP contribution in [0, 0.1) is 0 Å². The van der Waals surface area contributed by atoms with Gasteiger partial charge in [0.25, 0.3) is 5.91 Å². The molecule has 4 rings (SSSR count). The predicted octanol–water partition coefficient (Wildman–Crippen LogP) is 6.38. The van der Waals surface area contributed by atoms with E-state index in [0.717, 1.165) is 34.0 Å². The number of thioether (sulfide) groups is 1. The van der Waals surface area contributed by atoms with Crippen molar-refractivity contribution < 1.29 is 9.59 Å². The van der Waals surface area contributed by atoms with Crippen LogP contribution in [0.2, 0.25) is 0 Å². The maximum atomic E-state index is 12.9. The third-order valence-corrected chi connectivity index (χ3v) is 7.68. The first kappa shape index (κ1) is 23.5. The average molecular weight is 480 g/mol. The van der Waals surface area contributed by atoms with E-state index < -0.39 is 0 Å². The summed E-state index contributed by atoms with van der Waals surface area (Å²) in [4.78, 5) is 30.6. The van der Waals surface area contributed by atoms with Crippen LogP contribution < -0.4 is 10.6 Å². The first-order chi connectivity index (χ1) is 16.2. The smallest absolute Gasteiger partial charge is 0.256 e. The number of hydrogen-bond donors (Lipinski definition) is 2. The summed E-state index contributed by atoms with van der Waals surface area (Å²) in [7, 11) is 0. The van der Waals surface area contributed by atoms with Gasteiger partial charge in [-0.15, -0.1) is 23.1 Å². The predicted molar refractivity (Wildman–Crippen MR) is 137 cm³/mol. The Balaban J connectivity index is 1.33. The topological polar surface area (TPSA) is 71.1 Å². The average Bonchev–Trinajstić information content (AvgIpc) is 3.35. The summed E-state index contributed by atoms with van der Waals surface area (Å²) < 4.78 is 0. The van der Waals surface area contributed by atoms with E-state index in [0.29, 0.717) is 11.3 Å². The molecule has 2 aromatic carbocycles. The highest BCUT2D eigenvalue weighted by Gasteiger charge is 2.16. The minimum absolute atomic E-state index is 0.0403. The second kappa shape index (κ2) is 12.0. The second-order valence-corrected chi connectivity index (χ2v) is 10.2. The fourth-order valence-electron chi connectivity index (χ4n) is 4.05. The van der Waals surface area contributed by atoms with E-state index >= 15 is 0 Å². The SMILES string of the molecule is O=C(CSc1ccccc1C(=O)Nc1ccc(-c2nccs2)cc1)NC1CCCCCCC1. The molecule has 1 aliphatic carbocycles. The van der Waals surface area contributed by atoms with Crippen molar-refractivity contribution in [3.8, 4) is 10.6 Å². The quantitative estimate of drug-likeness (QED) is 0.386. The number of benzene rings is 2. The van der Waals surface area contributed by atoms with Crippen molar-refractivity contribution in [2.24, 2.45) is 0 Å². The van der Waals surface area contributed by atoms with Crippen molar-refractivity contribution in [3.05, 3.63) is 65.7 Å². The lowest BCUT2D eigenvalue weighted by Gasteiger charge is -2.21. The van der Waals surface area contributed by atoms with Crippen molar-refractivity contribution in [2.45, 2.75) is 55.9 Å². The number of carbonyl (C=O) groups is 2. The van der Waals surface area contributed by atoms with E-state index in [2.05, 4.69) is 15.6 Å². The maximum absolute atomic E-state index is 12.9. The highest BCUT2D eigenvalue weighted by molar-refractivity contribution is 8.00. The summed E-state index contributed by atoms with van der Waals surface area (Å²) in [6.07, 6.45) is 10.1. The lowest BCUT2D eigenvalue weighted by atomic mass is 9.97. The molecule has 0 bridgehead atoms. The van der Waals surface area contributed by atoms with Crippen LogP contribution in [-0.4, -0.2) is 28.6 Å². The van der Waals surface area contributed by atoms with Gasteiger partial charge in [-0.05, 0) is 49.2 Å². The Hall–Kier alpha value is -2.64. The summed E-state index contributed by atoms with van der Waals surface area (Å²) in [6.45, 7) is 0. The standard InChI is InChI=1S/C26H29N3O2S2/c30-24(28-20-8-4-2-1-3-5-9-20)18-33-23-11-7-6-10-22(23)25(31)29-21-14-12-19(13-15-21)26-27-16-17-32-26/h6-7,10-17,20H,1-5,8-9,18H2,(H,28,30)(H,29,31). The third-order valence-electron chi connectivity index (χ3n) is 5.78. The van der Waals surface area contributed by atoms with Gasteiger partial charge in [0.1, 0.15) is 5.01 Å². The number of anilines is 1. The highest BCUT2D eigenvalue weighted by Crippen LogP contribution is 2.26. The molecule has 0 spiro atoms. The molecular formula is C26H29N3O2S2. The zero-order chi connectivity index (χ0) is 22.9. The Kier molecular flexibility index (Phi) is 8.55. The zero-order valence-electron chi connectivity index (χ0n) is 18.6. The molecule has 0 atom stereocenters. The van der Waals surface area contributed by atoms with Crippen LogP contribution in [0.1, 0.15) is 55.3 Å². The third kappa shape index (κ3) is 6.92. The molecule has 5 nitrogen and oxygen atoms in total. The molecule has 7 heteroatoms. The summed E-state index contributed by atoms with van der Waals surface area (Å²) in [5.74, 6) is 0.169. The van der Waals surface area contributed by atoms with Gasteiger partial charge in [0.05, 0.1) is 11.3 Å². The maximum Gasteiger partial charge on any atom is 0.256 e. The Bertz CT molecular complexity index is 1040. The molecule has 1 heterocycles. The highest BCUT2D eigenvalue weighted by atomic mass is 32.2. The van der Waals surface area contributed by atoms with Gasteiger partial charge in [-0.3, -0.25) is 9.59 Å². The number of amides is 2. The monoisotopic (exact) mass is 479 g/mol. The van der Waals surface area contributed by atoms with Gasteiger partial charge >= 0.3 is 0 Å². The molecule has 3 aromatic rings. The van der Waals surface area contributed by atoms with Crippen molar-refractivity contribution >= 4 is 40.6 Å². The number of thiazole rings is 1. The molecule has 2 amide bonds. The van der Waals surface area contributed by atoms with Gasteiger partial charge in [0.15, 0.2) is 0 Å². The normalized spacial score (nSPS) is 14.8. The summed E-state index contributed by atoms with van der Waals surface area (Å²) >= 11 is 2.99. The Morgan fingerprint density at radius 3 is 2.42 bits per heavy atom. The van der Waals surface area contributed by atoms with Gasteiger partial charge < -0.3 is 10.6 Å². The second-order valence-electron chi connectivity index (χ2n) is 8.26. The van der Waals surface area contributed by atoms with Crippen molar-refractivity contribution in [1.29, 1.82) is 0 Å². The molecule has 1 aliphatic rings. The number of rotatable bonds is 7. The van der Waals surface area contributed by atoms with Crippen molar-refractivity contribution in [1.82, 2.24) is 10.3 Å². The van der Waals surface area contributed by atoms with Gasteiger partial charge in [0.2, 0.25) is 5.91 Å². The number of carbonyl (C=O) groups excluding carboxylic acids is 2. The molecule has 1 aromatic heterocycles. The molecule has 0 radical (unpaired) electrons. The minimum Gasteiger partial charge on any atom is -0.353 e. The largest absolute Gasteiger partial charge is 0.353 e. The lowest BCUT2D eigenvalue weighted by Crippen LogP contribution is -2.36. The zero-order valence-corrected chi connectivity index (χ0v) is 20.2. The van der Waals surface area contributed by atoms with Crippen LogP contribution in [0.3, 0.4) is 0 Å². The van der Waals surface area contributed by atoms with E-state index in [1.807, 2.05) is 47.8 Å². The first-order valence-corrected chi connectivity index (χ1v) is 13.4. The Morgan fingerprint density at radius 1 is 0.970 bits per heavy atom. The molecule has 1 fully saturated rings. The van der Waals surface area contributed by atoms with Crippen LogP contribution in [0.5, 0.6) is 0 Å². The van der Waals surface area contributed by atoms with Crippen LogP contribution in [-0.2, 0) is 4.79 Å². The summed E-state index contributed by atoms with van der Waals surface area (Å²) in [5, 5.41) is 9.06. The first-order valence-electron chi connectivity index (χ1n) is 11.5. The molecule has 2 N–H and O–H groups in total. The molecular weight excluding hydrogens is 450 g/mol. The van der Waals surface area contributed by atoms with Gasteiger partial charge in [0, 0.05) is 33.8 Å².